The predicted molar refractivity (Wildman–Crippen MR) is 67.8 cm³/mol. The predicted octanol–water partition coefficient (Wildman–Crippen LogP) is 1.01. The lowest BCUT2D eigenvalue weighted by atomic mass is 10.1. The van der Waals surface area contributed by atoms with Crippen LogP contribution in [0.3, 0.4) is 0 Å². The molecule has 1 N–H and O–H groups in total. The van der Waals surface area contributed by atoms with Gasteiger partial charge in [0.2, 0.25) is 10.0 Å². The smallest absolute Gasteiger partial charge is 0.309 e. The average Bonchev–Trinajstić information content (AvgIpc) is 2.31. The van der Waals surface area contributed by atoms with Gasteiger partial charge in [-0.3, -0.25) is 4.79 Å². The van der Waals surface area contributed by atoms with Crippen LogP contribution < -0.4 is 4.72 Å². The first-order chi connectivity index (χ1) is 8.40. The molecule has 0 aliphatic heterocycles. The maximum atomic E-state index is 11.9. The molecule has 1 rings (SSSR count). The van der Waals surface area contributed by atoms with Crippen molar-refractivity contribution in [1.82, 2.24) is 4.72 Å². The van der Waals surface area contributed by atoms with E-state index in [1.165, 1.54) is 13.2 Å². The van der Waals surface area contributed by atoms with E-state index in [-0.39, 0.29) is 11.3 Å². The summed E-state index contributed by atoms with van der Waals surface area (Å²) in [6, 6.07) is 4.91. The molecular weight excluding hydrogens is 254 g/mol. The van der Waals surface area contributed by atoms with Crippen LogP contribution in [-0.2, 0) is 26.0 Å². The van der Waals surface area contributed by atoms with Gasteiger partial charge in [-0.05, 0) is 24.1 Å². The molecule has 0 atom stereocenters. The molecule has 6 heteroatoms. The lowest BCUT2D eigenvalue weighted by molar-refractivity contribution is -0.139. The molecular formula is C12H17NO4S. The van der Waals surface area contributed by atoms with Gasteiger partial charge in [-0.2, -0.15) is 0 Å². The van der Waals surface area contributed by atoms with Crippen molar-refractivity contribution in [1.29, 1.82) is 0 Å². The number of ether oxygens (including phenoxy) is 1. The van der Waals surface area contributed by atoms with Crippen molar-refractivity contribution in [3.05, 3.63) is 29.3 Å². The van der Waals surface area contributed by atoms with Crippen molar-refractivity contribution in [3.8, 4) is 0 Å². The maximum absolute atomic E-state index is 11.9. The topological polar surface area (TPSA) is 72.5 Å². The Balaban J connectivity index is 3.13. The minimum absolute atomic E-state index is 0.0609. The number of hydrogen-bond donors (Lipinski definition) is 1. The molecule has 100 valence electrons. The quantitative estimate of drug-likeness (QED) is 0.811. The molecule has 1 aromatic carbocycles. The first-order valence-corrected chi connectivity index (χ1v) is 7.05. The molecule has 0 radical (unpaired) electrons. The van der Waals surface area contributed by atoms with Gasteiger partial charge in [-0.15, -0.1) is 0 Å². The van der Waals surface area contributed by atoms with Crippen molar-refractivity contribution in [2.75, 3.05) is 13.7 Å². The Kier molecular flexibility index (Phi) is 4.86. The van der Waals surface area contributed by atoms with Crippen molar-refractivity contribution in [3.63, 3.8) is 0 Å². The van der Waals surface area contributed by atoms with Gasteiger partial charge in [0.25, 0.3) is 0 Å². The van der Waals surface area contributed by atoms with Gasteiger partial charge >= 0.3 is 5.97 Å². The van der Waals surface area contributed by atoms with E-state index in [9.17, 15) is 13.2 Å². The molecule has 0 fully saturated rings. The van der Waals surface area contributed by atoms with Crippen LogP contribution in [0.4, 0.5) is 0 Å². The third kappa shape index (κ3) is 3.54. The number of methoxy groups -OCH3 is 1. The van der Waals surface area contributed by atoms with E-state index >= 15 is 0 Å². The third-order valence-electron chi connectivity index (χ3n) is 2.45. The number of benzene rings is 1. The summed E-state index contributed by atoms with van der Waals surface area (Å²) in [6.45, 7) is 3.75. The first kappa shape index (κ1) is 14.7. The minimum atomic E-state index is -3.51. The van der Waals surface area contributed by atoms with Crippen LogP contribution in [0.1, 0.15) is 18.1 Å². The highest BCUT2D eigenvalue weighted by atomic mass is 32.2. The molecule has 0 aromatic heterocycles. The molecule has 0 spiro atoms. The fourth-order valence-electron chi connectivity index (χ4n) is 1.55. The number of carbonyl (C=O) groups excluding carboxylic acids is 1. The SMILES string of the molecule is CCNS(=O)(=O)c1cc(CC(=O)OC)ccc1C. The summed E-state index contributed by atoms with van der Waals surface area (Å²) < 4.78 is 30.8. The lowest BCUT2D eigenvalue weighted by Crippen LogP contribution is -2.24. The molecule has 0 heterocycles. The van der Waals surface area contributed by atoms with E-state index in [4.69, 9.17) is 0 Å². The number of hydrogen-bond acceptors (Lipinski definition) is 4. The van der Waals surface area contributed by atoms with E-state index in [2.05, 4.69) is 9.46 Å². The number of rotatable bonds is 5. The average molecular weight is 271 g/mol. The van der Waals surface area contributed by atoms with Crippen molar-refractivity contribution in [2.45, 2.75) is 25.2 Å². The summed E-state index contributed by atoms with van der Waals surface area (Å²) in [7, 11) is -2.21. The second kappa shape index (κ2) is 5.97. The summed E-state index contributed by atoms with van der Waals surface area (Å²) >= 11 is 0. The molecule has 0 aliphatic carbocycles. The highest BCUT2D eigenvalue weighted by Gasteiger charge is 2.16. The Hall–Kier alpha value is -1.40. The zero-order chi connectivity index (χ0) is 13.8. The Morgan fingerprint density at radius 1 is 1.39 bits per heavy atom. The molecule has 0 unspecified atom stereocenters. The van der Waals surface area contributed by atoms with E-state index < -0.39 is 16.0 Å². The third-order valence-corrected chi connectivity index (χ3v) is 4.14. The molecule has 18 heavy (non-hydrogen) atoms. The van der Waals surface area contributed by atoms with Crippen LogP contribution in [0.25, 0.3) is 0 Å². The Morgan fingerprint density at radius 3 is 2.61 bits per heavy atom. The second-order valence-corrected chi connectivity index (χ2v) is 5.59. The lowest BCUT2D eigenvalue weighted by Gasteiger charge is -2.09. The maximum Gasteiger partial charge on any atom is 0.309 e. The fourth-order valence-corrected chi connectivity index (χ4v) is 2.88. The number of carbonyl (C=O) groups is 1. The number of aryl methyl sites for hydroxylation is 1. The molecule has 0 amide bonds. The van der Waals surface area contributed by atoms with Gasteiger partial charge in [-0.1, -0.05) is 19.1 Å². The second-order valence-electron chi connectivity index (χ2n) is 3.85. The van der Waals surface area contributed by atoms with E-state index in [1.54, 1.807) is 26.0 Å². The van der Waals surface area contributed by atoms with E-state index in [1.807, 2.05) is 0 Å². The van der Waals surface area contributed by atoms with Crippen molar-refractivity contribution in [2.24, 2.45) is 0 Å². The first-order valence-electron chi connectivity index (χ1n) is 5.56. The Morgan fingerprint density at radius 2 is 2.06 bits per heavy atom. The molecule has 0 saturated carbocycles. The van der Waals surface area contributed by atoms with Crippen LogP contribution in [0.15, 0.2) is 23.1 Å². The molecule has 0 saturated heterocycles. The van der Waals surface area contributed by atoms with Crippen LogP contribution >= 0.6 is 0 Å². The number of nitrogens with one attached hydrogen (secondary N) is 1. The largest absolute Gasteiger partial charge is 0.469 e. The Labute approximate surface area is 107 Å². The van der Waals surface area contributed by atoms with Crippen LogP contribution in [0.2, 0.25) is 0 Å². The van der Waals surface area contributed by atoms with Gasteiger partial charge in [0.05, 0.1) is 18.4 Å². The summed E-state index contributed by atoms with van der Waals surface area (Å²) in [5.74, 6) is -0.398. The van der Waals surface area contributed by atoms with E-state index in [0.29, 0.717) is 17.7 Å². The standard InChI is InChI=1S/C12H17NO4S/c1-4-13-18(15,16)11-7-10(6-5-9(11)2)8-12(14)17-3/h5-7,13H,4,8H2,1-3H3. The zero-order valence-corrected chi connectivity index (χ0v) is 11.5. The van der Waals surface area contributed by atoms with E-state index in [0.717, 1.165) is 0 Å². The van der Waals surface area contributed by atoms with Crippen molar-refractivity contribution < 1.29 is 17.9 Å². The monoisotopic (exact) mass is 271 g/mol. The highest BCUT2D eigenvalue weighted by Crippen LogP contribution is 2.17. The molecule has 0 bridgehead atoms. The van der Waals surface area contributed by atoms with Gasteiger partial charge in [-0.25, -0.2) is 13.1 Å². The fraction of sp³-hybridized carbons (Fsp3) is 0.417. The molecule has 1 aromatic rings. The number of sulfonamides is 1. The summed E-state index contributed by atoms with van der Waals surface area (Å²) in [5.41, 5.74) is 1.26. The summed E-state index contributed by atoms with van der Waals surface area (Å²) in [5, 5.41) is 0. The minimum Gasteiger partial charge on any atom is -0.469 e. The molecule has 0 aliphatic rings. The van der Waals surface area contributed by atoms with Crippen molar-refractivity contribution >= 4 is 16.0 Å². The summed E-state index contributed by atoms with van der Waals surface area (Å²) in [4.78, 5) is 11.4. The van der Waals surface area contributed by atoms with Crippen LogP contribution in [0, 0.1) is 6.92 Å². The highest BCUT2D eigenvalue weighted by molar-refractivity contribution is 7.89. The van der Waals surface area contributed by atoms with Gasteiger partial charge < -0.3 is 4.74 Å². The van der Waals surface area contributed by atoms with Crippen LogP contribution in [-0.4, -0.2) is 28.0 Å². The summed E-state index contributed by atoms with van der Waals surface area (Å²) in [6.07, 6.45) is 0.0609. The Bertz CT molecular complexity index is 537. The normalized spacial score (nSPS) is 11.3. The van der Waals surface area contributed by atoms with Crippen LogP contribution in [0.5, 0.6) is 0 Å². The van der Waals surface area contributed by atoms with Gasteiger partial charge in [0, 0.05) is 6.54 Å². The molecule has 5 nitrogen and oxygen atoms in total. The van der Waals surface area contributed by atoms with Gasteiger partial charge in [0.1, 0.15) is 0 Å². The van der Waals surface area contributed by atoms with Gasteiger partial charge in [0.15, 0.2) is 0 Å². The number of esters is 1. The zero-order valence-electron chi connectivity index (χ0n) is 10.7.